The van der Waals surface area contributed by atoms with Gasteiger partial charge in [0.05, 0.1) is 18.8 Å². The molecule has 0 aromatic heterocycles. The van der Waals surface area contributed by atoms with E-state index in [1.807, 2.05) is 44.2 Å². The molecule has 3 rings (SSSR count). The first-order valence-corrected chi connectivity index (χ1v) is 11.5. The number of benzene rings is 2. The van der Waals surface area contributed by atoms with Crippen LogP contribution in [0.1, 0.15) is 53.7 Å². The third-order valence-electron chi connectivity index (χ3n) is 6.28. The normalized spacial score (nSPS) is 18.6. The molecule has 2 aromatic rings. The lowest BCUT2D eigenvalue weighted by atomic mass is 10.00. The second kappa shape index (κ2) is 11.5. The molecule has 1 saturated heterocycles. The van der Waals surface area contributed by atoms with Crippen LogP contribution in [-0.4, -0.2) is 52.9 Å². The number of aliphatic carboxylic acids is 1. The Labute approximate surface area is 195 Å². The first-order valence-electron chi connectivity index (χ1n) is 11.5. The van der Waals surface area contributed by atoms with Crippen LogP contribution in [0.15, 0.2) is 42.5 Å². The van der Waals surface area contributed by atoms with E-state index >= 15 is 0 Å². The Bertz CT molecular complexity index is 990. The lowest BCUT2D eigenvalue weighted by Gasteiger charge is -2.27. The number of aliphatic hydroxyl groups is 1. The van der Waals surface area contributed by atoms with Gasteiger partial charge in [-0.15, -0.1) is 0 Å². The van der Waals surface area contributed by atoms with Gasteiger partial charge in [0.2, 0.25) is 0 Å². The van der Waals surface area contributed by atoms with E-state index < -0.39 is 12.1 Å². The van der Waals surface area contributed by atoms with Crippen molar-refractivity contribution in [2.45, 2.75) is 58.3 Å². The highest BCUT2D eigenvalue weighted by Crippen LogP contribution is 2.25. The molecule has 178 valence electrons. The van der Waals surface area contributed by atoms with Crippen LogP contribution in [0.3, 0.4) is 0 Å². The summed E-state index contributed by atoms with van der Waals surface area (Å²) < 4.78 is 19.9. The summed E-state index contributed by atoms with van der Waals surface area (Å²) in [6, 6.07) is 11.5. The van der Waals surface area contributed by atoms with Gasteiger partial charge in [-0.2, -0.15) is 0 Å². The summed E-state index contributed by atoms with van der Waals surface area (Å²) in [5.41, 5.74) is 4.34. The zero-order valence-corrected chi connectivity index (χ0v) is 19.6. The van der Waals surface area contributed by atoms with Gasteiger partial charge in [0.1, 0.15) is 5.82 Å². The van der Waals surface area contributed by atoms with Gasteiger partial charge in [0.25, 0.3) is 0 Å². The maximum absolute atomic E-state index is 13.9. The fraction of sp³-hybridized carbons (Fsp3) is 0.444. The zero-order chi connectivity index (χ0) is 24.0. The van der Waals surface area contributed by atoms with Crippen LogP contribution >= 0.6 is 0 Å². The minimum absolute atomic E-state index is 0.173. The van der Waals surface area contributed by atoms with Crippen molar-refractivity contribution in [3.63, 3.8) is 0 Å². The predicted octanol–water partition coefficient (Wildman–Crippen LogP) is 4.69. The topological polar surface area (TPSA) is 70.0 Å². The average Bonchev–Trinajstić information content (AvgIpc) is 3.19. The molecule has 1 heterocycles. The first-order chi connectivity index (χ1) is 15.7. The van der Waals surface area contributed by atoms with Crippen molar-refractivity contribution in [3.8, 4) is 0 Å². The number of aliphatic hydroxyl groups excluding tert-OH is 1. The summed E-state index contributed by atoms with van der Waals surface area (Å²) in [6.45, 7) is 7.22. The molecule has 0 unspecified atom stereocenters. The Morgan fingerprint density at radius 2 is 2.06 bits per heavy atom. The van der Waals surface area contributed by atoms with Crippen LogP contribution in [0.4, 0.5) is 4.39 Å². The Kier molecular flexibility index (Phi) is 8.78. The molecule has 2 N–H and O–H groups in total. The predicted molar refractivity (Wildman–Crippen MR) is 128 cm³/mol. The molecule has 0 bridgehead atoms. The Balaban J connectivity index is 1.55. The van der Waals surface area contributed by atoms with Crippen LogP contribution in [0.2, 0.25) is 0 Å². The number of rotatable bonds is 10. The molecule has 0 saturated carbocycles. The van der Waals surface area contributed by atoms with Crippen molar-refractivity contribution in [2.75, 3.05) is 19.7 Å². The maximum atomic E-state index is 13.9. The quantitative estimate of drug-likeness (QED) is 0.509. The maximum Gasteiger partial charge on any atom is 0.328 e. The Morgan fingerprint density at radius 3 is 2.79 bits per heavy atom. The average molecular weight is 456 g/mol. The number of β-amino-alcohol motifs (C(OH)–C–C–N with tert-alkyl or cyclic N) is 1. The highest BCUT2D eigenvalue weighted by Gasteiger charge is 2.27. The molecule has 33 heavy (non-hydrogen) atoms. The van der Waals surface area contributed by atoms with Gasteiger partial charge < -0.3 is 14.9 Å². The third-order valence-corrected chi connectivity index (χ3v) is 6.28. The molecular formula is C27H34FNO4. The van der Waals surface area contributed by atoms with E-state index in [2.05, 4.69) is 4.90 Å². The SMILES string of the molecule is Cc1ccc([C@@H](C)OC[C@H](O)CN2CCC[C@H]2Cc2ccc(C)c(F)c2)c(/C=C/C(=O)O)c1. The monoisotopic (exact) mass is 455 g/mol. The van der Waals surface area contributed by atoms with Gasteiger partial charge in [-0.25, -0.2) is 9.18 Å². The molecule has 2 aromatic carbocycles. The number of likely N-dealkylation sites (tertiary alicyclic amines) is 1. The molecule has 0 amide bonds. The number of nitrogens with zero attached hydrogens (tertiary/aromatic N) is 1. The van der Waals surface area contributed by atoms with E-state index in [-0.39, 0.29) is 24.6 Å². The summed E-state index contributed by atoms with van der Waals surface area (Å²) in [5, 5.41) is 19.6. The molecule has 3 atom stereocenters. The van der Waals surface area contributed by atoms with Crippen molar-refractivity contribution in [2.24, 2.45) is 0 Å². The fourth-order valence-electron chi connectivity index (χ4n) is 4.44. The number of ether oxygens (including phenoxy) is 1. The molecule has 0 aliphatic carbocycles. The number of hydrogen-bond acceptors (Lipinski definition) is 4. The second-order valence-corrected chi connectivity index (χ2v) is 9.01. The molecule has 0 spiro atoms. The molecule has 6 heteroatoms. The van der Waals surface area contributed by atoms with Crippen LogP contribution in [0.25, 0.3) is 6.08 Å². The first kappa shape index (κ1) is 25.1. The number of carboxylic acids is 1. The molecule has 5 nitrogen and oxygen atoms in total. The van der Waals surface area contributed by atoms with Gasteiger partial charge in [-0.3, -0.25) is 4.90 Å². The van der Waals surface area contributed by atoms with Crippen molar-refractivity contribution in [1.29, 1.82) is 0 Å². The highest BCUT2D eigenvalue weighted by atomic mass is 19.1. The van der Waals surface area contributed by atoms with E-state index in [1.54, 1.807) is 19.1 Å². The highest BCUT2D eigenvalue weighted by molar-refractivity contribution is 5.85. The lowest BCUT2D eigenvalue weighted by molar-refractivity contribution is -0.131. The van der Waals surface area contributed by atoms with Crippen molar-refractivity contribution in [1.82, 2.24) is 4.90 Å². The molecule has 1 fully saturated rings. The van der Waals surface area contributed by atoms with Crippen LogP contribution < -0.4 is 0 Å². The van der Waals surface area contributed by atoms with Crippen LogP contribution in [0, 0.1) is 19.7 Å². The minimum Gasteiger partial charge on any atom is -0.478 e. The minimum atomic E-state index is -1.00. The third kappa shape index (κ3) is 7.22. The number of halogens is 1. The second-order valence-electron chi connectivity index (χ2n) is 9.01. The van der Waals surface area contributed by atoms with Crippen molar-refractivity contribution < 1.29 is 24.1 Å². The molecular weight excluding hydrogens is 421 g/mol. The van der Waals surface area contributed by atoms with E-state index in [9.17, 15) is 14.3 Å². The zero-order valence-electron chi connectivity index (χ0n) is 19.6. The summed E-state index contributed by atoms with van der Waals surface area (Å²) in [5.74, 6) is -1.17. The van der Waals surface area contributed by atoms with E-state index in [0.29, 0.717) is 12.1 Å². The molecule has 0 radical (unpaired) electrons. The summed E-state index contributed by atoms with van der Waals surface area (Å²) >= 11 is 0. The van der Waals surface area contributed by atoms with Crippen molar-refractivity contribution >= 4 is 12.0 Å². The number of aryl methyl sites for hydroxylation is 2. The molecule has 1 aliphatic heterocycles. The van der Waals surface area contributed by atoms with Gasteiger partial charge in [0.15, 0.2) is 0 Å². The van der Waals surface area contributed by atoms with Crippen LogP contribution in [0.5, 0.6) is 0 Å². The Hall–Kier alpha value is -2.54. The van der Waals surface area contributed by atoms with E-state index in [1.165, 1.54) is 0 Å². The molecule has 1 aliphatic rings. The van der Waals surface area contributed by atoms with E-state index in [4.69, 9.17) is 9.84 Å². The largest absolute Gasteiger partial charge is 0.478 e. The fourth-order valence-corrected chi connectivity index (χ4v) is 4.44. The summed E-state index contributed by atoms with van der Waals surface area (Å²) in [6.07, 6.45) is 4.61. The van der Waals surface area contributed by atoms with Gasteiger partial charge in [-0.1, -0.05) is 35.9 Å². The smallest absolute Gasteiger partial charge is 0.328 e. The number of hydrogen-bond donors (Lipinski definition) is 2. The Morgan fingerprint density at radius 1 is 1.27 bits per heavy atom. The van der Waals surface area contributed by atoms with Crippen molar-refractivity contribution in [3.05, 3.63) is 76.1 Å². The van der Waals surface area contributed by atoms with Gasteiger partial charge in [0, 0.05) is 18.7 Å². The summed E-state index contributed by atoms with van der Waals surface area (Å²) in [4.78, 5) is 13.2. The number of carbonyl (C=O) groups is 1. The van der Waals surface area contributed by atoms with Gasteiger partial charge >= 0.3 is 5.97 Å². The summed E-state index contributed by atoms with van der Waals surface area (Å²) in [7, 11) is 0. The standard InChI is InChI=1S/C27H34FNO4/c1-18-6-10-25(22(13-18)9-11-27(31)32)20(3)33-17-24(30)16-29-12-4-5-23(29)14-21-8-7-19(2)26(28)15-21/h6-11,13,15,20,23-24,30H,4-5,12,14,16-17H2,1-3H3,(H,31,32)/b11-9+/t20-,23+,24-/m1/s1. The van der Waals surface area contributed by atoms with E-state index in [0.717, 1.165) is 54.1 Å². The van der Waals surface area contributed by atoms with Crippen LogP contribution in [-0.2, 0) is 16.0 Å². The lowest BCUT2D eigenvalue weighted by Crippen LogP contribution is -2.39. The van der Waals surface area contributed by atoms with Gasteiger partial charge in [-0.05, 0) is 81.0 Å². The number of carboxylic acid groups (broad SMARTS) is 1.